The van der Waals surface area contributed by atoms with Gasteiger partial charge in [-0.15, -0.1) is 0 Å². The van der Waals surface area contributed by atoms with E-state index in [9.17, 15) is 9.59 Å². The third kappa shape index (κ3) is 5.33. The summed E-state index contributed by atoms with van der Waals surface area (Å²) in [5, 5.41) is 5.77. The van der Waals surface area contributed by atoms with Crippen molar-refractivity contribution in [3.63, 3.8) is 0 Å². The van der Waals surface area contributed by atoms with Gasteiger partial charge in [0.2, 0.25) is 0 Å². The van der Waals surface area contributed by atoms with Gasteiger partial charge in [-0.05, 0) is 49.1 Å². The third-order valence-corrected chi connectivity index (χ3v) is 4.77. The maximum absolute atomic E-state index is 12.4. The van der Waals surface area contributed by atoms with Gasteiger partial charge in [0.25, 0.3) is 11.8 Å². The molecule has 2 N–H and O–H groups in total. The van der Waals surface area contributed by atoms with Crippen molar-refractivity contribution in [2.75, 3.05) is 26.8 Å². The van der Waals surface area contributed by atoms with Crippen LogP contribution in [0.2, 0.25) is 0 Å². The van der Waals surface area contributed by atoms with Gasteiger partial charge >= 0.3 is 0 Å². The first-order valence-corrected chi connectivity index (χ1v) is 9.57. The molecule has 148 valence electrons. The van der Waals surface area contributed by atoms with Gasteiger partial charge in [0.15, 0.2) is 0 Å². The van der Waals surface area contributed by atoms with E-state index in [1.54, 1.807) is 31.4 Å². The first-order chi connectivity index (χ1) is 13.7. The average Bonchev–Trinajstić information content (AvgIpc) is 3.26. The molecule has 2 aromatic carbocycles. The summed E-state index contributed by atoms with van der Waals surface area (Å²) >= 11 is 0. The van der Waals surface area contributed by atoms with Gasteiger partial charge in [-0.3, -0.25) is 9.59 Å². The van der Waals surface area contributed by atoms with Crippen LogP contribution in [0.15, 0.2) is 48.5 Å². The molecule has 1 atom stereocenters. The van der Waals surface area contributed by atoms with Crippen molar-refractivity contribution in [3.8, 4) is 5.75 Å². The number of methoxy groups -OCH3 is 1. The number of hydrogen-bond acceptors (Lipinski definition) is 4. The Labute approximate surface area is 165 Å². The lowest BCUT2D eigenvalue weighted by Gasteiger charge is -2.12. The summed E-state index contributed by atoms with van der Waals surface area (Å²) in [7, 11) is 1.63. The standard InChI is InChI=1S/C22H26N2O4/c1-27-20-10-3-2-6-16(20)11-12-23-21(25)17-7-4-8-18(14-17)22(26)24-15-19-9-5-13-28-19/h2-4,6-8,10,14,19H,5,9,11-13,15H2,1H3,(H,23,25)(H,24,26). The lowest BCUT2D eigenvalue weighted by Crippen LogP contribution is -2.32. The van der Waals surface area contributed by atoms with Crippen molar-refractivity contribution >= 4 is 11.8 Å². The Morgan fingerprint density at radius 3 is 2.54 bits per heavy atom. The van der Waals surface area contributed by atoms with Crippen LogP contribution < -0.4 is 15.4 Å². The van der Waals surface area contributed by atoms with Crippen LogP contribution in [0.3, 0.4) is 0 Å². The monoisotopic (exact) mass is 382 g/mol. The molecule has 3 rings (SSSR count). The number of nitrogens with one attached hydrogen (secondary N) is 2. The molecule has 0 aromatic heterocycles. The third-order valence-electron chi connectivity index (χ3n) is 4.77. The average molecular weight is 382 g/mol. The molecule has 6 heteroatoms. The predicted octanol–water partition coefficient (Wildman–Crippen LogP) is 2.58. The Morgan fingerprint density at radius 2 is 1.82 bits per heavy atom. The smallest absolute Gasteiger partial charge is 0.251 e. The van der Waals surface area contributed by atoms with Gasteiger partial charge < -0.3 is 20.1 Å². The summed E-state index contributed by atoms with van der Waals surface area (Å²) in [5.41, 5.74) is 1.97. The molecule has 0 spiro atoms. The molecule has 1 fully saturated rings. The van der Waals surface area contributed by atoms with Crippen molar-refractivity contribution in [1.29, 1.82) is 0 Å². The molecule has 0 aliphatic carbocycles. The van der Waals surface area contributed by atoms with Crippen LogP contribution in [-0.4, -0.2) is 44.7 Å². The highest BCUT2D eigenvalue weighted by Crippen LogP contribution is 2.17. The van der Waals surface area contributed by atoms with E-state index in [2.05, 4.69) is 10.6 Å². The Balaban J connectivity index is 1.52. The molecular weight excluding hydrogens is 356 g/mol. The zero-order valence-electron chi connectivity index (χ0n) is 16.1. The molecule has 0 saturated carbocycles. The molecule has 2 amide bonds. The quantitative estimate of drug-likeness (QED) is 0.736. The van der Waals surface area contributed by atoms with E-state index >= 15 is 0 Å². The van der Waals surface area contributed by atoms with Crippen molar-refractivity contribution in [3.05, 3.63) is 65.2 Å². The van der Waals surface area contributed by atoms with Crippen LogP contribution in [0.5, 0.6) is 5.75 Å². The van der Waals surface area contributed by atoms with Gasteiger partial charge in [0.1, 0.15) is 5.75 Å². The maximum Gasteiger partial charge on any atom is 0.251 e. The SMILES string of the molecule is COc1ccccc1CCNC(=O)c1cccc(C(=O)NCC2CCCO2)c1. The number of ether oxygens (including phenoxy) is 2. The van der Waals surface area contributed by atoms with Crippen molar-refractivity contribution in [2.24, 2.45) is 0 Å². The molecule has 28 heavy (non-hydrogen) atoms. The van der Waals surface area contributed by atoms with Crippen LogP contribution in [0.25, 0.3) is 0 Å². The zero-order valence-corrected chi connectivity index (χ0v) is 16.1. The second-order valence-electron chi connectivity index (χ2n) is 6.74. The zero-order chi connectivity index (χ0) is 19.8. The minimum absolute atomic E-state index is 0.0883. The van der Waals surface area contributed by atoms with E-state index in [4.69, 9.17) is 9.47 Å². The Bertz CT molecular complexity index is 816. The van der Waals surface area contributed by atoms with E-state index in [1.165, 1.54) is 0 Å². The van der Waals surface area contributed by atoms with Gasteiger partial charge in [0, 0.05) is 30.8 Å². The molecule has 1 unspecified atom stereocenters. The van der Waals surface area contributed by atoms with Gasteiger partial charge in [-0.2, -0.15) is 0 Å². The molecule has 2 aromatic rings. The first-order valence-electron chi connectivity index (χ1n) is 9.57. The van der Waals surface area contributed by atoms with E-state index < -0.39 is 0 Å². The van der Waals surface area contributed by atoms with Crippen LogP contribution in [0.1, 0.15) is 39.1 Å². The van der Waals surface area contributed by atoms with Crippen molar-refractivity contribution in [2.45, 2.75) is 25.4 Å². The highest BCUT2D eigenvalue weighted by atomic mass is 16.5. The van der Waals surface area contributed by atoms with Crippen LogP contribution in [-0.2, 0) is 11.2 Å². The fourth-order valence-corrected chi connectivity index (χ4v) is 3.24. The van der Waals surface area contributed by atoms with E-state index in [0.29, 0.717) is 30.6 Å². The Hall–Kier alpha value is -2.86. The van der Waals surface area contributed by atoms with Gasteiger partial charge in [-0.1, -0.05) is 24.3 Å². The summed E-state index contributed by atoms with van der Waals surface area (Å²) < 4.78 is 10.8. The lowest BCUT2D eigenvalue weighted by atomic mass is 10.1. The summed E-state index contributed by atoms with van der Waals surface area (Å²) in [5.74, 6) is 0.407. The summed E-state index contributed by atoms with van der Waals surface area (Å²) in [6, 6.07) is 14.5. The molecule has 1 aliphatic heterocycles. The summed E-state index contributed by atoms with van der Waals surface area (Å²) in [6.45, 7) is 1.73. The number of hydrogen-bond donors (Lipinski definition) is 2. The van der Waals surface area contributed by atoms with Crippen molar-refractivity contribution < 1.29 is 19.1 Å². The maximum atomic E-state index is 12.4. The topological polar surface area (TPSA) is 76.7 Å². The minimum atomic E-state index is -0.205. The van der Waals surface area contributed by atoms with Crippen LogP contribution >= 0.6 is 0 Å². The number of carbonyl (C=O) groups is 2. The van der Waals surface area contributed by atoms with E-state index in [0.717, 1.165) is 30.8 Å². The highest BCUT2D eigenvalue weighted by molar-refractivity contribution is 5.99. The van der Waals surface area contributed by atoms with Crippen LogP contribution in [0.4, 0.5) is 0 Å². The molecule has 0 radical (unpaired) electrons. The molecule has 6 nitrogen and oxygen atoms in total. The fourth-order valence-electron chi connectivity index (χ4n) is 3.24. The first kappa shape index (κ1) is 19.9. The van der Waals surface area contributed by atoms with Gasteiger partial charge in [0.05, 0.1) is 13.2 Å². The molecule has 1 saturated heterocycles. The second-order valence-corrected chi connectivity index (χ2v) is 6.74. The number of rotatable bonds is 8. The second kappa shape index (κ2) is 9.90. The van der Waals surface area contributed by atoms with E-state index in [1.807, 2.05) is 24.3 Å². The normalized spacial score (nSPS) is 15.8. The highest BCUT2D eigenvalue weighted by Gasteiger charge is 2.17. The fraction of sp³-hybridized carbons (Fsp3) is 0.364. The lowest BCUT2D eigenvalue weighted by molar-refractivity contribution is 0.0857. The van der Waals surface area contributed by atoms with Gasteiger partial charge in [-0.25, -0.2) is 0 Å². The molecule has 1 heterocycles. The Kier molecular flexibility index (Phi) is 7.03. The summed E-state index contributed by atoms with van der Waals surface area (Å²) in [4.78, 5) is 24.8. The van der Waals surface area contributed by atoms with Crippen LogP contribution in [0, 0.1) is 0 Å². The summed E-state index contributed by atoms with van der Waals surface area (Å²) in [6.07, 6.45) is 2.75. The molecule has 1 aliphatic rings. The van der Waals surface area contributed by atoms with E-state index in [-0.39, 0.29) is 17.9 Å². The van der Waals surface area contributed by atoms with Crippen molar-refractivity contribution in [1.82, 2.24) is 10.6 Å². The Morgan fingerprint density at radius 1 is 1.07 bits per heavy atom. The number of para-hydroxylation sites is 1. The number of carbonyl (C=O) groups excluding carboxylic acids is 2. The predicted molar refractivity (Wildman–Crippen MR) is 107 cm³/mol. The minimum Gasteiger partial charge on any atom is -0.496 e. The number of amides is 2. The molecular formula is C22H26N2O4. The molecule has 0 bridgehead atoms. The number of benzene rings is 2. The largest absolute Gasteiger partial charge is 0.496 e.